The van der Waals surface area contributed by atoms with Crippen LogP contribution in [0.2, 0.25) is 0 Å². The fourth-order valence-corrected chi connectivity index (χ4v) is 3.44. The smallest absolute Gasteiger partial charge is 0.225 e. The molecule has 0 aromatic carbocycles. The van der Waals surface area contributed by atoms with Gasteiger partial charge in [-0.3, -0.25) is 9.69 Å². The van der Waals surface area contributed by atoms with Gasteiger partial charge in [0.25, 0.3) is 0 Å². The number of carbonyl (C=O) groups is 1. The highest BCUT2D eigenvalue weighted by Gasteiger charge is 2.34. The summed E-state index contributed by atoms with van der Waals surface area (Å²) >= 11 is 0. The normalized spacial score (nSPS) is 33.2. The van der Waals surface area contributed by atoms with Crippen molar-refractivity contribution >= 4 is 5.91 Å². The first-order chi connectivity index (χ1) is 9.29. The molecule has 0 aromatic heterocycles. The van der Waals surface area contributed by atoms with Gasteiger partial charge in [-0.05, 0) is 46.0 Å². The lowest BCUT2D eigenvalue weighted by Crippen LogP contribution is -2.56. The van der Waals surface area contributed by atoms with Gasteiger partial charge >= 0.3 is 0 Å². The van der Waals surface area contributed by atoms with E-state index in [1.165, 1.54) is 0 Å². The van der Waals surface area contributed by atoms with Crippen LogP contribution in [-0.4, -0.2) is 53.5 Å². The molecule has 1 heterocycles. The van der Waals surface area contributed by atoms with Gasteiger partial charge in [0, 0.05) is 43.7 Å². The van der Waals surface area contributed by atoms with Gasteiger partial charge in [-0.15, -0.1) is 0 Å². The lowest BCUT2D eigenvalue weighted by molar-refractivity contribution is -0.139. The third-order valence-corrected chi connectivity index (χ3v) is 5.15. The molecule has 0 spiro atoms. The Bertz CT molecular complexity index is 342. The predicted molar refractivity (Wildman–Crippen MR) is 82.4 cm³/mol. The summed E-state index contributed by atoms with van der Waals surface area (Å²) in [5.41, 5.74) is 6.34. The molecule has 0 aromatic rings. The first-order valence-electron chi connectivity index (χ1n) is 8.08. The minimum absolute atomic E-state index is 0.169. The van der Waals surface area contributed by atoms with Crippen LogP contribution in [0, 0.1) is 11.8 Å². The number of carbonyl (C=O) groups excluding carboxylic acids is 1. The first kappa shape index (κ1) is 15.8. The molecule has 2 N–H and O–H groups in total. The molecule has 3 unspecified atom stereocenters. The monoisotopic (exact) mass is 281 g/mol. The van der Waals surface area contributed by atoms with Crippen LogP contribution >= 0.6 is 0 Å². The van der Waals surface area contributed by atoms with Gasteiger partial charge in [-0.25, -0.2) is 0 Å². The average Bonchev–Trinajstić information content (AvgIpc) is 2.40. The van der Waals surface area contributed by atoms with Gasteiger partial charge in [0.05, 0.1) is 0 Å². The summed E-state index contributed by atoms with van der Waals surface area (Å²) in [6.45, 7) is 12.7. The van der Waals surface area contributed by atoms with Crippen molar-refractivity contribution in [2.24, 2.45) is 17.6 Å². The zero-order valence-corrected chi connectivity index (χ0v) is 13.6. The minimum Gasteiger partial charge on any atom is -0.340 e. The number of amides is 1. The molecule has 1 aliphatic carbocycles. The fraction of sp³-hybridized carbons (Fsp3) is 0.938. The standard InChI is InChI=1S/C16H31N3O/c1-12-5-6-13(11-14(12)17)15(20)18-7-9-19(10-8-18)16(2,3)4/h12-14H,5-11,17H2,1-4H3. The Kier molecular flexibility index (Phi) is 4.75. The zero-order chi connectivity index (χ0) is 14.9. The second kappa shape index (κ2) is 6.02. The van der Waals surface area contributed by atoms with Gasteiger partial charge in [0.1, 0.15) is 0 Å². The molecular formula is C16H31N3O. The van der Waals surface area contributed by atoms with E-state index in [0.29, 0.717) is 11.8 Å². The van der Waals surface area contributed by atoms with Crippen molar-refractivity contribution in [3.8, 4) is 0 Å². The van der Waals surface area contributed by atoms with Crippen molar-refractivity contribution in [2.45, 2.75) is 58.5 Å². The van der Waals surface area contributed by atoms with Crippen LogP contribution in [0.3, 0.4) is 0 Å². The maximum absolute atomic E-state index is 12.6. The van der Waals surface area contributed by atoms with Gasteiger partial charge in [-0.1, -0.05) is 6.92 Å². The Labute approximate surface area is 123 Å². The quantitative estimate of drug-likeness (QED) is 0.796. The second-order valence-electron chi connectivity index (χ2n) is 7.63. The Balaban J connectivity index is 1.86. The van der Waals surface area contributed by atoms with Gasteiger partial charge < -0.3 is 10.6 Å². The van der Waals surface area contributed by atoms with Crippen molar-refractivity contribution in [1.29, 1.82) is 0 Å². The molecule has 3 atom stereocenters. The highest BCUT2D eigenvalue weighted by atomic mass is 16.2. The van der Waals surface area contributed by atoms with E-state index in [0.717, 1.165) is 45.4 Å². The Hall–Kier alpha value is -0.610. The maximum atomic E-state index is 12.6. The largest absolute Gasteiger partial charge is 0.340 e. The van der Waals surface area contributed by atoms with Gasteiger partial charge in [0.2, 0.25) is 5.91 Å². The van der Waals surface area contributed by atoms with Crippen molar-refractivity contribution in [3.05, 3.63) is 0 Å². The van der Waals surface area contributed by atoms with E-state index >= 15 is 0 Å². The average molecular weight is 281 g/mol. The van der Waals surface area contributed by atoms with Crippen molar-refractivity contribution in [1.82, 2.24) is 9.80 Å². The van der Waals surface area contributed by atoms with Crippen LogP contribution in [0.5, 0.6) is 0 Å². The van der Waals surface area contributed by atoms with E-state index < -0.39 is 0 Å². The molecule has 1 saturated heterocycles. The number of hydrogen-bond acceptors (Lipinski definition) is 3. The first-order valence-corrected chi connectivity index (χ1v) is 8.08. The molecule has 0 bridgehead atoms. The lowest BCUT2D eigenvalue weighted by Gasteiger charge is -2.43. The SMILES string of the molecule is CC1CCC(C(=O)N2CCN(C(C)(C)C)CC2)CC1N. The molecule has 116 valence electrons. The molecule has 0 radical (unpaired) electrons. The molecular weight excluding hydrogens is 250 g/mol. The summed E-state index contributed by atoms with van der Waals surface area (Å²) in [6, 6.07) is 0.202. The zero-order valence-electron chi connectivity index (χ0n) is 13.6. The van der Waals surface area contributed by atoms with Crippen molar-refractivity contribution in [2.75, 3.05) is 26.2 Å². The van der Waals surface area contributed by atoms with E-state index in [1.807, 2.05) is 0 Å². The van der Waals surface area contributed by atoms with Crippen LogP contribution in [-0.2, 0) is 4.79 Å². The van der Waals surface area contributed by atoms with Crippen LogP contribution in [0.25, 0.3) is 0 Å². The molecule has 1 saturated carbocycles. The van der Waals surface area contributed by atoms with E-state index in [4.69, 9.17) is 5.73 Å². The number of nitrogens with two attached hydrogens (primary N) is 1. The van der Waals surface area contributed by atoms with Crippen molar-refractivity contribution in [3.63, 3.8) is 0 Å². The summed E-state index contributed by atoms with van der Waals surface area (Å²) in [5, 5.41) is 0. The highest BCUT2D eigenvalue weighted by molar-refractivity contribution is 5.79. The predicted octanol–water partition coefficient (Wildman–Crippen LogP) is 1.69. The molecule has 4 heteroatoms. The van der Waals surface area contributed by atoms with Crippen LogP contribution < -0.4 is 5.73 Å². The Morgan fingerprint density at radius 3 is 2.20 bits per heavy atom. The molecule has 1 amide bonds. The number of rotatable bonds is 1. The summed E-state index contributed by atoms with van der Waals surface area (Å²) in [7, 11) is 0. The van der Waals surface area contributed by atoms with E-state index in [1.54, 1.807) is 0 Å². The fourth-order valence-electron chi connectivity index (χ4n) is 3.44. The van der Waals surface area contributed by atoms with E-state index in [9.17, 15) is 4.79 Å². The highest BCUT2D eigenvalue weighted by Crippen LogP contribution is 2.29. The summed E-state index contributed by atoms with van der Waals surface area (Å²) in [4.78, 5) is 17.1. The van der Waals surface area contributed by atoms with Gasteiger partial charge in [0.15, 0.2) is 0 Å². The molecule has 2 fully saturated rings. The maximum Gasteiger partial charge on any atom is 0.225 e. The molecule has 1 aliphatic heterocycles. The van der Waals surface area contributed by atoms with E-state index in [-0.39, 0.29) is 17.5 Å². The lowest BCUT2D eigenvalue weighted by atomic mass is 9.79. The van der Waals surface area contributed by atoms with Gasteiger partial charge in [-0.2, -0.15) is 0 Å². The Morgan fingerprint density at radius 1 is 1.10 bits per heavy atom. The molecule has 4 nitrogen and oxygen atoms in total. The second-order valence-corrected chi connectivity index (χ2v) is 7.63. The number of nitrogens with zero attached hydrogens (tertiary/aromatic N) is 2. The number of piperazine rings is 1. The topological polar surface area (TPSA) is 49.6 Å². The molecule has 2 aliphatic rings. The summed E-state index contributed by atoms with van der Waals surface area (Å²) in [5.74, 6) is 1.08. The summed E-state index contributed by atoms with van der Waals surface area (Å²) < 4.78 is 0. The van der Waals surface area contributed by atoms with Crippen LogP contribution in [0.1, 0.15) is 47.0 Å². The van der Waals surface area contributed by atoms with Crippen molar-refractivity contribution < 1.29 is 4.79 Å². The molecule has 2 rings (SSSR count). The van der Waals surface area contributed by atoms with Crippen LogP contribution in [0.15, 0.2) is 0 Å². The minimum atomic E-state index is 0.169. The Morgan fingerprint density at radius 2 is 1.70 bits per heavy atom. The third kappa shape index (κ3) is 3.53. The van der Waals surface area contributed by atoms with E-state index in [2.05, 4.69) is 37.5 Å². The molecule has 20 heavy (non-hydrogen) atoms. The third-order valence-electron chi connectivity index (χ3n) is 5.15. The number of hydrogen-bond donors (Lipinski definition) is 1. The summed E-state index contributed by atoms with van der Waals surface area (Å²) in [6.07, 6.45) is 2.99. The van der Waals surface area contributed by atoms with Crippen LogP contribution in [0.4, 0.5) is 0 Å².